The van der Waals surface area contributed by atoms with Crippen LogP contribution in [0.3, 0.4) is 0 Å². The van der Waals surface area contributed by atoms with E-state index in [1.54, 1.807) is 6.07 Å². The molecule has 2 N–H and O–H groups in total. The van der Waals surface area contributed by atoms with Crippen molar-refractivity contribution in [3.63, 3.8) is 0 Å². The molecule has 0 fully saturated rings. The normalized spacial score (nSPS) is 10.1. The van der Waals surface area contributed by atoms with Crippen LogP contribution in [0, 0.1) is 6.92 Å². The van der Waals surface area contributed by atoms with Crippen LogP contribution in [-0.4, -0.2) is 6.54 Å². The van der Waals surface area contributed by atoms with Gasteiger partial charge in [-0.3, -0.25) is 0 Å². The third-order valence-electron chi connectivity index (χ3n) is 2.33. The highest BCUT2D eigenvalue weighted by Gasteiger charge is 2.08. The lowest BCUT2D eigenvalue weighted by atomic mass is 10.0. The van der Waals surface area contributed by atoms with Gasteiger partial charge in [0.25, 0.3) is 6.43 Å². The number of benzene rings is 1. The summed E-state index contributed by atoms with van der Waals surface area (Å²) in [5, 5.41) is 0. The Hall–Kier alpha value is -0.960. The van der Waals surface area contributed by atoms with Gasteiger partial charge in [0.05, 0.1) is 0 Å². The monoisotopic (exact) mass is 243 g/mol. The van der Waals surface area contributed by atoms with Gasteiger partial charge in [0.1, 0.15) is 0 Å². The largest absolute Gasteiger partial charge is 0.330 e. The third kappa shape index (κ3) is 6.37. The summed E-state index contributed by atoms with van der Waals surface area (Å²) in [4.78, 5) is 0. The molecule has 0 heterocycles. The molecule has 3 heteroatoms. The second kappa shape index (κ2) is 9.11. The van der Waals surface area contributed by atoms with Crippen LogP contribution in [-0.2, 0) is 6.42 Å². The molecule has 0 bridgehead atoms. The number of hydrogen-bond acceptors (Lipinski definition) is 1. The van der Waals surface area contributed by atoms with Gasteiger partial charge in [-0.25, -0.2) is 8.78 Å². The van der Waals surface area contributed by atoms with Crippen molar-refractivity contribution in [2.45, 2.75) is 46.5 Å². The first-order valence-electron chi connectivity index (χ1n) is 6.22. The highest BCUT2D eigenvalue weighted by molar-refractivity contribution is 5.30. The minimum Gasteiger partial charge on any atom is -0.330 e. The number of alkyl halides is 2. The topological polar surface area (TPSA) is 26.0 Å². The van der Waals surface area contributed by atoms with Gasteiger partial charge in [-0.2, -0.15) is 0 Å². The Morgan fingerprint density at radius 1 is 1.12 bits per heavy atom. The van der Waals surface area contributed by atoms with Crippen molar-refractivity contribution >= 4 is 0 Å². The van der Waals surface area contributed by atoms with Crippen molar-refractivity contribution < 1.29 is 8.78 Å². The Bertz CT molecular complexity index is 311. The SMILES string of the molecule is CC.Cc1cc(CCCCN)cc(C(F)F)c1. The molecule has 0 aliphatic carbocycles. The molecule has 1 aromatic rings. The van der Waals surface area contributed by atoms with Crippen molar-refractivity contribution in [1.29, 1.82) is 0 Å². The number of rotatable bonds is 5. The molecule has 1 nitrogen and oxygen atoms in total. The highest BCUT2D eigenvalue weighted by Crippen LogP contribution is 2.22. The maximum Gasteiger partial charge on any atom is 0.263 e. The van der Waals surface area contributed by atoms with Crippen LogP contribution >= 0.6 is 0 Å². The van der Waals surface area contributed by atoms with Gasteiger partial charge in [-0.05, 0) is 38.3 Å². The Morgan fingerprint density at radius 3 is 2.29 bits per heavy atom. The van der Waals surface area contributed by atoms with Crippen molar-refractivity contribution in [1.82, 2.24) is 0 Å². The summed E-state index contributed by atoms with van der Waals surface area (Å²) < 4.78 is 25.0. The summed E-state index contributed by atoms with van der Waals surface area (Å²) in [6.07, 6.45) is 0.359. The number of halogens is 2. The molecule has 0 saturated carbocycles. The molecule has 0 atom stereocenters. The van der Waals surface area contributed by atoms with Gasteiger partial charge in [-0.1, -0.05) is 37.6 Å². The molecule has 0 aromatic heterocycles. The Balaban J connectivity index is 0.00000121. The second-order valence-electron chi connectivity index (χ2n) is 3.80. The zero-order chi connectivity index (χ0) is 13.3. The van der Waals surface area contributed by atoms with E-state index in [9.17, 15) is 8.78 Å². The van der Waals surface area contributed by atoms with E-state index < -0.39 is 6.43 Å². The molecule has 0 radical (unpaired) electrons. The fraction of sp³-hybridized carbons (Fsp3) is 0.571. The molecule has 1 aromatic carbocycles. The summed E-state index contributed by atoms with van der Waals surface area (Å²) in [7, 11) is 0. The first-order chi connectivity index (χ1) is 8.13. The van der Waals surface area contributed by atoms with Crippen LogP contribution in [0.1, 0.15) is 49.8 Å². The van der Waals surface area contributed by atoms with Crippen LogP contribution in [0.4, 0.5) is 8.78 Å². The van der Waals surface area contributed by atoms with Crippen molar-refractivity contribution in [2.24, 2.45) is 5.73 Å². The number of aryl methyl sites for hydroxylation is 2. The zero-order valence-corrected chi connectivity index (χ0v) is 11.0. The molecular weight excluding hydrogens is 220 g/mol. The quantitative estimate of drug-likeness (QED) is 0.769. The average Bonchev–Trinajstić information content (AvgIpc) is 2.31. The molecule has 98 valence electrons. The molecule has 17 heavy (non-hydrogen) atoms. The van der Waals surface area contributed by atoms with Crippen molar-refractivity contribution in [3.05, 3.63) is 34.9 Å². The standard InChI is InChI=1S/C12H17F2N.C2H6/c1-9-6-10(4-2-3-5-15)8-11(7-9)12(13)14;1-2/h6-8,12H,2-5,15H2,1H3;1-2H3. The number of nitrogens with two attached hydrogens (primary N) is 1. The van der Waals surface area contributed by atoms with E-state index in [1.165, 1.54) is 6.07 Å². The first-order valence-corrected chi connectivity index (χ1v) is 6.22. The van der Waals surface area contributed by atoms with Gasteiger partial charge in [-0.15, -0.1) is 0 Å². The van der Waals surface area contributed by atoms with Crippen LogP contribution in [0.25, 0.3) is 0 Å². The zero-order valence-electron chi connectivity index (χ0n) is 11.0. The van der Waals surface area contributed by atoms with Crippen LogP contribution < -0.4 is 5.73 Å². The first kappa shape index (κ1) is 16.0. The minimum atomic E-state index is -2.38. The molecule has 0 aliphatic rings. The fourth-order valence-electron chi connectivity index (χ4n) is 1.64. The van der Waals surface area contributed by atoms with E-state index >= 15 is 0 Å². The Labute approximate surface area is 103 Å². The maximum atomic E-state index is 12.5. The van der Waals surface area contributed by atoms with Crippen LogP contribution in [0.15, 0.2) is 18.2 Å². The summed E-state index contributed by atoms with van der Waals surface area (Å²) in [5.41, 5.74) is 7.39. The third-order valence-corrected chi connectivity index (χ3v) is 2.33. The number of unbranched alkanes of at least 4 members (excludes halogenated alkanes) is 1. The summed E-state index contributed by atoms with van der Waals surface area (Å²) >= 11 is 0. The Kier molecular flexibility index (Phi) is 8.60. The lowest BCUT2D eigenvalue weighted by molar-refractivity contribution is 0.151. The molecule has 0 spiro atoms. The van der Waals surface area contributed by atoms with Crippen molar-refractivity contribution in [3.8, 4) is 0 Å². The summed E-state index contributed by atoms with van der Waals surface area (Å²) in [6.45, 7) is 6.51. The maximum absolute atomic E-state index is 12.5. The fourth-order valence-corrected chi connectivity index (χ4v) is 1.64. The van der Waals surface area contributed by atoms with E-state index in [0.29, 0.717) is 6.54 Å². The van der Waals surface area contributed by atoms with Gasteiger partial charge in [0, 0.05) is 5.56 Å². The Morgan fingerprint density at radius 2 is 1.76 bits per heavy atom. The predicted octanol–water partition coefficient (Wildman–Crippen LogP) is 4.24. The lowest BCUT2D eigenvalue weighted by Gasteiger charge is -2.06. The van der Waals surface area contributed by atoms with E-state index in [1.807, 2.05) is 26.8 Å². The molecule has 0 unspecified atom stereocenters. The molecule has 0 saturated heterocycles. The summed E-state index contributed by atoms with van der Waals surface area (Å²) in [5.74, 6) is 0. The minimum absolute atomic E-state index is 0.123. The lowest BCUT2D eigenvalue weighted by Crippen LogP contribution is -1.99. The van der Waals surface area contributed by atoms with Gasteiger partial charge < -0.3 is 5.73 Å². The number of hydrogen-bond donors (Lipinski definition) is 1. The molecule has 1 rings (SSSR count). The molecule has 0 aliphatic heterocycles. The van der Waals surface area contributed by atoms with Crippen molar-refractivity contribution in [2.75, 3.05) is 6.54 Å². The van der Waals surface area contributed by atoms with Gasteiger partial charge in [0.2, 0.25) is 0 Å². The summed E-state index contributed by atoms with van der Waals surface area (Å²) in [6, 6.07) is 5.09. The molecular formula is C14H23F2N. The van der Waals surface area contributed by atoms with Crippen LogP contribution in [0.5, 0.6) is 0 Å². The van der Waals surface area contributed by atoms with E-state index in [0.717, 1.165) is 30.4 Å². The predicted molar refractivity (Wildman–Crippen MR) is 69.5 cm³/mol. The smallest absolute Gasteiger partial charge is 0.263 e. The van der Waals surface area contributed by atoms with E-state index in [-0.39, 0.29) is 5.56 Å². The molecule has 0 amide bonds. The van der Waals surface area contributed by atoms with E-state index in [2.05, 4.69) is 0 Å². The van der Waals surface area contributed by atoms with Gasteiger partial charge in [0.15, 0.2) is 0 Å². The second-order valence-corrected chi connectivity index (χ2v) is 3.80. The highest BCUT2D eigenvalue weighted by atomic mass is 19.3. The van der Waals surface area contributed by atoms with Gasteiger partial charge >= 0.3 is 0 Å². The average molecular weight is 243 g/mol. The van der Waals surface area contributed by atoms with Crippen LogP contribution in [0.2, 0.25) is 0 Å². The van der Waals surface area contributed by atoms with E-state index in [4.69, 9.17) is 5.73 Å².